The Balaban J connectivity index is 1.85. The topological polar surface area (TPSA) is 63.2 Å². The lowest BCUT2D eigenvalue weighted by atomic mass is 10.3. The first-order valence-corrected chi connectivity index (χ1v) is 9.72. The van der Waals surface area contributed by atoms with E-state index >= 15 is 0 Å². The number of amides is 1. The molecule has 8 heteroatoms. The van der Waals surface area contributed by atoms with Crippen molar-refractivity contribution in [2.24, 2.45) is 0 Å². The van der Waals surface area contributed by atoms with Gasteiger partial charge in [0.2, 0.25) is 9.84 Å². The first-order chi connectivity index (χ1) is 11.9. The molecule has 3 aromatic rings. The molecule has 0 atom stereocenters. The Bertz CT molecular complexity index is 1030. The molecule has 0 fully saturated rings. The Kier molecular flexibility index (Phi) is 4.89. The normalized spacial score (nSPS) is 11.3. The van der Waals surface area contributed by atoms with Crippen molar-refractivity contribution in [1.82, 2.24) is 0 Å². The van der Waals surface area contributed by atoms with E-state index < -0.39 is 21.6 Å². The maximum atomic E-state index is 13.0. The number of halogens is 2. The number of carbonyl (C=O) groups excluding carboxylic acids is 1. The summed E-state index contributed by atoms with van der Waals surface area (Å²) in [7, 11) is -3.68. The number of hydrogen-bond donors (Lipinski definition) is 1. The van der Waals surface area contributed by atoms with E-state index in [-0.39, 0.29) is 24.7 Å². The van der Waals surface area contributed by atoms with E-state index in [1.165, 1.54) is 36.4 Å². The number of benzene rings is 2. The minimum Gasteiger partial charge on any atom is -0.320 e. The van der Waals surface area contributed by atoms with Gasteiger partial charge in [-0.3, -0.25) is 4.79 Å². The van der Waals surface area contributed by atoms with Crippen LogP contribution in [0, 0.1) is 5.82 Å². The van der Waals surface area contributed by atoms with E-state index in [4.69, 9.17) is 11.6 Å². The number of sulfone groups is 1. The van der Waals surface area contributed by atoms with Crippen LogP contribution in [0.15, 0.2) is 69.8 Å². The minimum atomic E-state index is -3.68. The van der Waals surface area contributed by atoms with Gasteiger partial charge in [0.25, 0.3) is 5.91 Å². The molecule has 1 amide bonds. The molecule has 0 aliphatic carbocycles. The Hall–Kier alpha value is -2.22. The number of nitrogens with one attached hydrogen (secondary N) is 1. The van der Waals surface area contributed by atoms with Crippen LogP contribution >= 0.6 is 22.9 Å². The molecular formula is C17H11ClFNO3S2. The van der Waals surface area contributed by atoms with Crippen LogP contribution < -0.4 is 5.32 Å². The highest BCUT2D eigenvalue weighted by Gasteiger charge is 2.21. The fraction of sp³-hybridized carbons (Fsp3) is 0. The standard InChI is InChI=1S/C17H11ClFNO3S2/c18-13-10-11(19)6-7-14(13)20-17(21)15-8-9-16(24-15)25(22,23)12-4-2-1-3-5-12/h1-10H,(H,20,21). The van der Waals surface area contributed by atoms with E-state index in [0.717, 1.165) is 17.4 Å². The van der Waals surface area contributed by atoms with E-state index in [0.29, 0.717) is 0 Å². The summed E-state index contributed by atoms with van der Waals surface area (Å²) in [6.45, 7) is 0. The third kappa shape index (κ3) is 3.73. The monoisotopic (exact) mass is 395 g/mol. The third-order valence-electron chi connectivity index (χ3n) is 3.30. The van der Waals surface area contributed by atoms with Gasteiger partial charge < -0.3 is 5.32 Å². The maximum absolute atomic E-state index is 13.0. The van der Waals surface area contributed by atoms with Crippen molar-refractivity contribution in [3.05, 3.63) is 76.4 Å². The summed E-state index contributed by atoms with van der Waals surface area (Å²) in [6.07, 6.45) is 0. The van der Waals surface area contributed by atoms with Crippen molar-refractivity contribution >= 4 is 44.4 Å². The second-order valence-corrected chi connectivity index (χ2v) is 8.68. The molecule has 0 spiro atoms. The van der Waals surface area contributed by atoms with Gasteiger partial charge in [-0.2, -0.15) is 0 Å². The summed E-state index contributed by atoms with van der Waals surface area (Å²) in [5.41, 5.74) is 0.244. The van der Waals surface area contributed by atoms with Gasteiger partial charge in [-0.05, 0) is 42.5 Å². The Labute approximate surface area is 152 Å². The lowest BCUT2D eigenvalue weighted by Crippen LogP contribution is -2.10. The van der Waals surface area contributed by atoms with Crippen molar-refractivity contribution < 1.29 is 17.6 Å². The van der Waals surface area contributed by atoms with Crippen LogP contribution in [0.1, 0.15) is 9.67 Å². The lowest BCUT2D eigenvalue weighted by molar-refractivity contribution is 0.103. The molecule has 0 unspecified atom stereocenters. The molecule has 1 N–H and O–H groups in total. The lowest BCUT2D eigenvalue weighted by Gasteiger charge is -2.05. The van der Waals surface area contributed by atoms with Gasteiger partial charge >= 0.3 is 0 Å². The summed E-state index contributed by atoms with van der Waals surface area (Å²) in [5, 5.41) is 2.59. The first-order valence-electron chi connectivity index (χ1n) is 7.04. The van der Waals surface area contributed by atoms with Crippen molar-refractivity contribution in [3.8, 4) is 0 Å². The molecule has 25 heavy (non-hydrogen) atoms. The fourth-order valence-corrected chi connectivity index (χ4v) is 4.92. The summed E-state index contributed by atoms with van der Waals surface area (Å²) in [4.78, 5) is 12.6. The zero-order chi connectivity index (χ0) is 18.0. The average molecular weight is 396 g/mol. The predicted molar refractivity (Wildman–Crippen MR) is 95.6 cm³/mol. The molecule has 0 aliphatic heterocycles. The largest absolute Gasteiger partial charge is 0.320 e. The molecule has 128 valence electrons. The molecule has 0 saturated heterocycles. The van der Waals surface area contributed by atoms with Gasteiger partial charge in [0.05, 0.1) is 20.5 Å². The van der Waals surface area contributed by atoms with Gasteiger partial charge in [-0.1, -0.05) is 29.8 Å². The van der Waals surface area contributed by atoms with E-state index in [9.17, 15) is 17.6 Å². The van der Waals surface area contributed by atoms with Crippen molar-refractivity contribution in [2.75, 3.05) is 5.32 Å². The molecule has 0 bridgehead atoms. The summed E-state index contributed by atoms with van der Waals surface area (Å²) in [5.74, 6) is -1.04. The molecule has 0 saturated carbocycles. The number of thiophene rings is 1. The average Bonchev–Trinajstić information content (AvgIpc) is 3.09. The molecule has 1 heterocycles. The Morgan fingerprint density at radius 1 is 1.04 bits per heavy atom. The van der Waals surface area contributed by atoms with Gasteiger partial charge in [0, 0.05) is 0 Å². The second-order valence-electron chi connectivity index (χ2n) is 5.01. The van der Waals surface area contributed by atoms with Crippen LogP contribution in [0.2, 0.25) is 5.02 Å². The third-order valence-corrected chi connectivity index (χ3v) is 6.96. The molecule has 3 rings (SSSR count). The molecular weight excluding hydrogens is 385 g/mol. The van der Waals surface area contributed by atoms with Gasteiger partial charge in [-0.15, -0.1) is 11.3 Å². The minimum absolute atomic E-state index is 0.0574. The van der Waals surface area contributed by atoms with Crippen LogP contribution in [0.3, 0.4) is 0 Å². The zero-order valence-corrected chi connectivity index (χ0v) is 15.0. The number of carbonyl (C=O) groups is 1. The van der Waals surface area contributed by atoms with Gasteiger partial charge in [-0.25, -0.2) is 12.8 Å². The number of anilines is 1. The molecule has 1 aromatic heterocycles. The second kappa shape index (κ2) is 6.95. The van der Waals surface area contributed by atoms with Crippen LogP contribution in [-0.2, 0) is 9.84 Å². The van der Waals surface area contributed by atoms with E-state index in [2.05, 4.69) is 5.32 Å². The fourth-order valence-electron chi connectivity index (χ4n) is 2.08. The van der Waals surface area contributed by atoms with Crippen LogP contribution in [-0.4, -0.2) is 14.3 Å². The SMILES string of the molecule is O=C(Nc1ccc(F)cc1Cl)c1ccc(S(=O)(=O)c2ccccc2)s1. The van der Waals surface area contributed by atoms with E-state index in [1.54, 1.807) is 18.2 Å². The highest BCUT2D eigenvalue weighted by atomic mass is 35.5. The quantitative estimate of drug-likeness (QED) is 0.700. The number of rotatable bonds is 4. The molecule has 0 aliphatic rings. The first kappa shape index (κ1) is 17.6. The Morgan fingerprint density at radius 3 is 2.44 bits per heavy atom. The van der Waals surface area contributed by atoms with Gasteiger partial charge in [0.1, 0.15) is 10.0 Å². The number of hydrogen-bond acceptors (Lipinski definition) is 4. The summed E-state index contributed by atoms with van der Waals surface area (Å²) in [6, 6.07) is 14.4. The van der Waals surface area contributed by atoms with Crippen molar-refractivity contribution in [1.29, 1.82) is 0 Å². The molecule has 2 aromatic carbocycles. The van der Waals surface area contributed by atoms with Crippen LogP contribution in [0.4, 0.5) is 10.1 Å². The van der Waals surface area contributed by atoms with Crippen molar-refractivity contribution in [2.45, 2.75) is 9.10 Å². The highest BCUT2D eigenvalue weighted by Crippen LogP contribution is 2.29. The predicted octanol–water partition coefficient (Wildman–Crippen LogP) is 4.63. The van der Waals surface area contributed by atoms with Crippen LogP contribution in [0.5, 0.6) is 0 Å². The summed E-state index contributed by atoms with van der Waals surface area (Å²) >= 11 is 6.73. The van der Waals surface area contributed by atoms with E-state index in [1.807, 2.05) is 0 Å². The summed E-state index contributed by atoms with van der Waals surface area (Å²) < 4.78 is 38.2. The van der Waals surface area contributed by atoms with Gasteiger partial charge in [0.15, 0.2) is 0 Å². The maximum Gasteiger partial charge on any atom is 0.265 e. The highest BCUT2D eigenvalue weighted by molar-refractivity contribution is 7.93. The molecule has 0 radical (unpaired) electrons. The zero-order valence-electron chi connectivity index (χ0n) is 12.6. The Morgan fingerprint density at radius 2 is 1.76 bits per heavy atom. The van der Waals surface area contributed by atoms with Crippen molar-refractivity contribution in [3.63, 3.8) is 0 Å². The molecule has 4 nitrogen and oxygen atoms in total. The smallest absolute Gasteiger partial charge is 0.265 e. The van der Waals surface area contributed by atoms with Crippen LogP contribution in [0.25, 0.3) is 0 Å².